The predicted octanol–water partition coefficient (Wildman–Crippen LogP) is 5.04. The van der Waals surface area contributed by atoms with E-state index in [1.54, 1.807) is 24.3 Å². The zero-order valence-corrected chi connectivity index (χ0v) is 15.4. The molecule has 146 valence electrons. The van der Waals surface area contributed by atoms with Gasteiger partial charge in [0.05, 0.1) is 17.4 Å². The first kappa shape index (κ1) is 19.5. The Morgan fingerprint density at radius 1 is 1.07 bits per heavy atom. The van der Waals surface area contributed by atoms with E-state index in [0.717, 1.165) is 55.0 Å². The van der Waals surface area contributed by atoms with Crippen molar-refractivity contribution in [2.75, 3.05) is 0 Å². The number of carbonyl (C=O) groups is 1. The summed E-state index contributed by atoms with van der Waals surface area (Å²) in [5, 5.41) is 6.66. The molecule has 0 spiro atoms. The first-order valence-corrected chi connectivity index (χ1v) is 9.39. The van der Waals surface area contributed by atoms with Crippen LogP contribution in [0.2, 0.25) is 0 Å². The number of amides is 1. The van der Waals surface area contributed by atoms with Gasteiger partial charge in [0.15, 0.2) is 5.69 Å². The van der Waals surface area contributed by atoms with Crippen molar-refractivity contribution in [3.8, 4) is 5.69 Å². The summed E-state index contributed by atoms with van der Waals surface area (Å²) in [5.41, 5.74) is -0.250. The van der Waals surface area contributed by atoms with Crippen LogP contribution in [0.5, 0.6) is 0 Å². The molecule has 3 rings (SSSR count). The van der Waals surface area contributed by atoms with Crippen LogP contribution in [0, 0.1) is 6.92 Å². The molecular formula is C20H24F3N3O. The number of halogens is 3. The van der Waals surface area contributed by atoms with E-state index in [1.165, 1.54) is 6.42 Å². The van der Waals surface area contributed by atoms with Crippen molar-refractivity contribution in [3.63, 3.8) is 0 Å². The minimum Gasteiger partial charge on any atom is -0.349 e. The summed E-state index contributed by atoms with van der Waals surface area (Å²) in [6.45, 7) is 1.85. The summed E-state index contributed by atoms with van der Waals surface area (Å²) in [6, 6.07) is 6.47. The van der Waals surface area contributed by atoms with Crippen LogP contribution in [0.15, 0.2) is 30.5 Å². The highest BCUT2D eigenvalue weighted by Crippen LogP contribution is 2.34. The molecule has 1 aromatic heterocycles. The van der Waals surface area contributed by atoms with Crippen molar-refractivity contribution >= 4 is 5.91 Å². The molecule has 2 aromatic rings. The van der Waals surface area contributed by atoms with Gasteiger partial charge in [-0.05, 0) is 31.9 Å². The van der Waals surface area contributed by atoms with Crippen LogP contribution in [-0.2, 0) is 6.18 Å². The van der Waals surface area contributed by atoms with Gasteiger partial charge in [-0.1, -0.05) is 49.8 Å². The van der Waals surface area contributed by atoms with Crippen LogP contribution in [0.1, 0.15) is 66.6 Å². The van der Waals surface area contributed by atoms with Crippen molar-refractivity contribution < 1.29 is 18.0 Å². The van der Waals surface area contributed by atoms with E-state index >= 15 is 0 Å². The number of nitrogens with zero attached hydrogens (tertiary/aromatic N) is 2. The highest BCUT2D eigenvalue weighted by Gasteiger charge is 2.40. The molecular weight excluding hydrogens is 355 g/mol. The van der Waals surface area contributed by atoms with Gasteiger partial charge in [0.1, 0.15) is 0 Å². The fourth-order valence-corrected chi connectivity index (χ4v) is 3.53. The van der Waals surface area contributed by atoms with E-state index < -0.39 is 23.3 Å². The minimum atomic E-state index is -4.69. The van der Waals surface area contributed by atoms with Gasteiger partial charge in [-0.3, -0.25) is 4.79 Å². The summed E-state index contributed by atoms with van der Waals surface area (Å²) >= 11 is 0. The maximum atomic E-state index is 13.7. The molecule has 27 heavy (non-hydrogen) atoms. The van der Waals surface area contributed by atoms with Gasteiger partial charge in [0.25, 0.3) is 5.91 Å². The second kappa shape index (κ2) is 8.15. The Hall–Kier alpha value is -2.31. The maximum Gasteiger partial charge on any atom is 0.434 e. The van der Waals surface area contributed by atoms with E-state index in [0.29, 0.717) is 0 Å². The Bertz CT molecular complexity index is 773. The van der Waals surface area contributed by atoms with E-state index in [9.17, 15) is 18.0 Å². The summed E-state index contributed by atoms with van der Waals surface area (Å²) in [6.07, 6.45) is 3.30. The van der Waals surface area contributed by atoms with Crippen LogP contribution < -0.4 is 5.32 Å². The molecule has 1 heterocycles. The van der Waals surface area contributed by atoms with Gasteiger partial charge in [0, 0.05) is 6.04 Å². The minimum absolute atomic E-state index is 0.0818. The molecule has 0 aliphatic heterocycles. The summed E-state index contributed by atoms with van der Waals surface area (Å²) in [5.74, 6) is -0.703. The molecule has 0 saturated heterocycles. The number of alkyl halides is 3. The van der Waals surface area contributed by atoms with Crippen LogP contribution in [0.4, 0.5) is 13.2 Å². The number of rotatable bonds is 3. The fourth-order valence-electron chi connectivity index (χ4n) is 3.53. The number of aromatic nitrogens is 2. The molecule has 1 fully saturated rings. The molecule has 0 atom stereocenters. The highest BCUT2D eigenvalue weighted by atomic mass is 19.4. The molecule has 0 radical (unpaired) electrons. The van der Waals surface area contributed by atoms with Crippen LogP contribution in [0.25, 0.3) is 5.69 Å². The van der Waals surface area contributed by atoms with E-state index in [2.05, 4.69) is 10.4 Å². The standard InChI is InChI=1S/C20H24F3N3O/c1-14-9-11-16(12-10-14)26-18(20(21,22)23)17(13-24-26)19(27)25-15-7-5-3-2-4-6-8-15/h9-13,15H,2-8H2,1H3,(H,25,27). The number of carbonyl (C=O) groups excluding carboxylic acids is 1. The van der Waals surface area contributed by atoms with E-state index in [1.807, 2.05) is 6.92 Å². The van der Waals surface area contributed by atoms with Gasteiger partial charge in [-0.15, -0.1) is 0 Å². The number of benzene rings is 1. The topological polar surface area (TPSA) is 46.9 Å². The molecule has 1 amide bonds. The Balaban J connectivity index is 1.88. The molecule has 1 saturated carbocycles. The third-order valence-corrected chi connectivity index (χ3v) is 5.00. The van der Waals surface area contributed by atoms with E-state index in [4.69, 9.17) is 0 Å². The second-order valence-corrected chi connectivity index (χ2v) is 7.17. The average Bonchev–Trinajstić information content (AvgIpc) is 3.03. The highest BCUT2D eigenvalue weighted by molar-refractivity contribution is 5.95. The SMILES string of the molecule is Cc1ccc(-n2ncc(C(=O)NC3CCCCCCC3)c2C(F)(F)F)cc1. The lowest BCUT2D eigenvalue weighted by Crippen LogP contribution is -2.36. The predicted molar refractivity (Wildman–Crippen MR) is 96.9 cm³/mol. The van der Waals surface area contributed by atoms with E-state index in [-0.39, 0.29) is 11.7 Å². The van der Waals surface area contributed by atoms with Crippen molar-refractivity contribution in [3.05, 3.63) is 47.3 Å². The number of hydrogen-bond acceptors (Lipinski definition) is 2. The monoisotopic (exact) mass is 379 g/mol. The molecule has 1 N–H and O–H groups in total. The Morgan fingerprint density at radius 3 is 2.26 bits per heavy atom. The van der Waals surface area contributed by atoms with Crippen molar-refractivity contribution in [1.29, 1.82) is 0 Å². The molecule has 1 aromatic carbocycles. The zero-order valence-electron chi connectivity index (χ0n) is 15.4. The lowest BCUT2D eigenvalue weighted by molar-refractivity contribution is -0.143. The zero-order chi connectivity index (χ0) is 19.4. The van der Waals surface area contributed by atoms with Gasteiger partial charge < -0.3 is 5.32 Å². The Morgan fingerprint density at radius 2 is 1.67 bits per heavy atom. The van der Waals surface area contributed by atoms with Gasteiger partial charge in [0.2, 0.25) is 0 Å². The van der Waals surface area contributed by atoms with Crippen molar-refractivity contribution in [1.82, 2.24) is 15.1 Å². The van der Waals surface area contributed by atoms with Gasteiger partial charge in [-0.2, -0.15) is 18.3 Å². The van der Waals surface area contributed by atoms with Gasteiger partial charge in [-0.25, -0.2) is 4.68 Å². The van der Waals surface area contributed by atoms with Crippen molar-refractivity contribution in [2.24, 2.45) is 0 Å². The number of hydrogen-bond donors (Lipinski definition) is 1. The fraction of sp³-hybridized carbons (Fsp3) is 0.500. The van der Waals surface area contributed by atoms with Gasteiger partial charge >= 0.3 is 6.18 Å². The largest absolute Gasteiger partial charge is 0.434 e. The lowest BCUT2D eigenvalue weighted by atomic mass is 9.96. The lowest BCUT2D eigenvalue weighted by Gasteiger charge is -2.21. The van der Waals surface area contributed by atoms with Crippen LogP contribution in [-0.4, -0.2) is 21.7 Å². The summed E-state index contributed by atoms with van der Waals surface area (Å²) < 4.78 is 42.0. The number of nitrogens with one attached hydrogen (secondary N) is 1. The second-order valence-electron chi connectivity index (χ2n) is 7.17. The number of aryl methyl sites for hydroxylation is 1. The third-order valence-electron chi connectivity index (χ3n) is 5.00. The smallest absolute Gasteiger partial charge is 0.349 e. The molecule has 0 bridgehead atoms. The molecule has 0 unspecified atom stereocenters. The third kappa shape index (κ3) is 4.70. The molecule has 7 heteroatoms. The summed E-state index contributed by atoms with van der Waals surface area (Å²) in [4.78, 5) is 12.6. The summed E-state index contributed by atoms with van der Waals surface area (Å²) in [7, 11) is 0. The first-order valence-electron chi connectivity index (χ1n) is 9.39. The Labute approximate surface area is 156 Å². The maximum absolute atomic E-state index is 13.7. The van der Waals surface area contributed by atoms with Crippen LogP contribution in [0.3, 0.4) is 0 Å². The average molecular weight is 379 g/mol. The Kier molecular flexibility index (Phi) is 5.87. The molecule has 4 nitrogen and oxygen atoms in total. The van der Waals surface area contributed by atoms with Crippen molar-refractivity contribution in [2.45, 2.75) is 64.1 Å². The van der Waals surface area contributed by atoms with Crippen LogP contribution >= 0.6 is 0 Å². The first-order chi connectivity index (χ1) is 12.9. The normalized spacial score (nSPS) is 16.6. The molecule has 1 aliphatic rings. The quantitative estimate of drug-likeness (QED) is 0.812. The molecule has 1 aliphatic carbocycles.